The van der Waals surface area contributed by atoms with E-state index in [-0.39, 0.29) is 30.1 Å². The van der Waals surface area contributed by atoms with Gasteiger partial charge in [0.25, 0.3) is 5.91 Å². The van der Waals surface area contributed by atoms with Crippen molar-refractivity contribution in [1.82, 2.24) is 10.3 Å². The SMILES string of the molecule is O=C1CCC(NC(=O)c2cccc(F)n2)C(=O)C1. The van der Waals surface area contributed by atoms with Crippen molar-refractivity contribution in [3.05, 3.63) is 29.8 Å². The van der Waals surface area contributed by atoms with Crippen LogP contribution in [0, 0.1) is 5.95 Å². The molecular formula is C12H11FN2O3. The first kappa shape index (κ1) is 12.3. The summed E-state index contributed by atoms with van der Waals surface area (Å²) >= 11 is 0. The van der Waals surface area contributed by atoms with Crippen LogP contribution in [0.1, 0.15) is 29.8 Å². The van der Waals surface area contributed by atoms with Crippen LogP contribution in [-0.4, -0.2) is 28.5 Å². The Bertz CT molecular complexity index is 516. The third-order valence-corrected chi connectivity index (χ3v) is 2.72. The topological polar surface area (TPSA) is 76.1 Å². The zero-order valence-electron chi connectivity index (χ0n) is 9.48. The summed E-state index contributed by atoms with van der Waals surface area (Å²) in [5.41, 5.74) is -0.0836. The van der Waals surface area contributed by atoms with E-state index in [0.717, 1.165) is 6.07 Å². The summed E-state index contributed by atoms with van der Waals surface area (Å²) in [6, 6.07) is 3.17. The Kier molecular flexibility index (Phi) is 3.45. The van der Waals surface area contributed by atoms with Crippen molar-refractivity contribution in [3.8, 4) is 0 Å². The predicted molar refractivity (Wildman–Crippen MR) is 59.3 cm³/mol. The highest BCUT2D eigenvalue weighted by Crippen LogP contribution is 2.12. The zero-order valence-corrected chi connectivity index (χ0v) is 9.48. The fraction of sp³-hybridized carbons (Fsp3) is 0.333. The average molecular weight is 250 g/mol. The molecule has 1 atom stereocenters. The fourth-order valence-corrected chi connectivity index (χ4v) is 1.79. The molecule has 1 aliphatic carbocycles. The molecule has 1 aromatic rings. The van der Waals surface area contributed by atoms with Crippen LogP contribution in [0.2, 0.25) is 0 Å². The van der Waals surface area contributed by atoms with E-state index in [1.54, 1.807) is 0 Å². The number of nitrogens with one attached hydrogen (secondary N) is 1. The first-order valence-corrected chi connectivity index (χ1v) is 5.54. The molecule has 1 aliphatic rings. The Morgan fingerprint density at radius 1 is 1.39 bits per heavy atom. The summed E-state index contributed by atoms with van der Waals surface area (Å²) in [7, 11) is 0. The van der Waals surface area contributed by atoms with Crippen molar-refractivity contribution in [3.63, 3.8) is 0 Å². The van der Waals surface area contributed by atoms with Crippen LogP contribution < -0.4 is 5.32 Å². The van der Waals surface area contributed by atoms with Crippen molar-refractivity contribution in [1.29, 1.82) is 0 Å². The molecule has 94 valence electrons. The quantitative estimate of drug-likeness (QED) is 0.617. The van der Waals surface area contributed by atoms with Gasteiger partial charge in [-0.25, -0.2) is 4.98 Å². The number of nitrogens with zero attached hydrogens (tertiary/aromatic N) is 1. The van der Waals surface area contributed by atoms with E-state index in [1.165, 1.54) is 12.1 Å². The lowest BCUT2D eigenvalue weighted by Gasteiger charge is -2.20. The van der Waals surface area contributed by atoms with Gasteiger partial charge in [-0.05, 0) is 18.6 Å². The van der Waals surface area contributed by atoms with Gasteiger partial charge in [-0.15, -0.1) is 0 Å². The summed E-state index contributed by atoms with van der Waals surface area (Å²) in [5, 5.41) is 2.46. The number of carbonyl (C=O) groups excluding carboxylic acids is 3. The molecule has 5 nitrogen and oxygen atoms in total. The molecule has 0 radical (unpaired) electrons. The Labute approximate surface area is 102 Å². The number of halogens is 1. The number of hydrogen-bond acceptors (Lipinski definition) is 4. The molecule has 1 saturated carbocycles. The van der Waals surface area contributed by atoms with E-state index < -0.39 is 17.9 Å². The number of rotatable bonds is 2. The molecule has 0 aliphatic heterocycles. The molecule has 1 fully saturated rings. The number of pyridine rings is 1. The van der Waals surface area contributed by atoms with E-state index in [1.807, 2.05) is 0 Å². The molecule has 0 aromatic carbocycles. The number of carbonyl (C=O) groups is 3. The van der Waals surface area contributed by atoms with Gasteiger partial charge in [0.2, 0.25) is 5.95 Å². The predicted octanol–water partition coefficient (Wildman–Crippen LogP) is 0.641. The molecule has 0 saturated heterocycles. The second-order valence-corrected chi connectivity index (χ2v) is 4.09. The first-order chi connectivity index (χ1) is 8.56. The highest BCUT2D eigenvalue weighted by molar-refractivity contribution is 6.06. The van der Waals surface area contributed by atoms with Crippen molar-refractivity contribution >= 4 is 17.5 Å². The molecular weight excluding hydrogens is 239 g/mol. The molecule has 1 N–H and O–H groups in total. The maximum absolute atomic E-state index is 12.8. The Balaban J connectivity index is 2.03. The summed E-state index contributed by atoms with van der Waals surface area (Å²) in [6.45, 7) is 0. The normalized spacial score (nSPS) is 19.7. The van der Waals surface area contributed by atoms with Crippen LogP contribution in [-0.2, 0) is 9.59 Å². The maximum Gasteiger partial charge on any atom is 0.270 e. The smallest absolute Gasteiger partial charge is 0.270 e. The molecule has 1 heterocycles. The van der Waals surface area contributed by atoms with Crippen LogP contribution in [0.25, 0.3) is 0 Å². The van der Waals surface area contributed by atoms with Crippen LogP contribution in [0.5, 0.6) is 0 Å². The van der Waals surface area contributed by atoms with Crippen LogP contribution in [0.3, 0.4) is 0 Å². The summed E-state index contributed by atoms with van der Waals surface area (Å²) in [6.07, 6.45) is 0.410. The highest BCUT2D eigenvalue weighted by Gasteiger charge is 2.28. The van der Waals surface area contributed by atoms with E-state index in [9.17, 15) is 18.8 Å². The van der Waals surface area contributed by atoms with Crippen molar-refractivity contribution in [2.75, 3.05) is 0 Å². The number of amides is 1. The molecule has 18 heavy (non-hydrogen) atoms. The molecule has 1 unspecified atom stereocenters. The molecule has 1 aromatic heterocycles. The second-order valence-electron chi connectivity index (χ2n) is 4.09. The summed E-state index contributed by atoms with van der Waals surface area (Å²) in [4.78, 5) is 37.7. The first-order valence-electron chi connectivity index (χ1n) is 5.54. The second kappa shape index (κ2) is 5.03. The summed E-state index contributed by atoms with van der Waals surface area (Å²) < 4.78 is 12.8. The van der Waals surface area contributed by atoms with Crippen LogP contribution in [0.4, 0.5) is 4.39 Å². The average Bonchev–Trinajstić information content (AvgIpc) is 2.32. The number of hydrogen-bond donors (Lipinski definition) is 1. The van der Waals surface area contributed by atoms with E-state index in [2.05, 4.69) is 10.3 Å². The van der Waals surface area contributed by atoms with Crippen LogP contribution in [0.15, 0.2) is 18.2 Å². The van der Waals surface area contributed by atoms with Crippen LogP contribution >= 0.6 is 0 Å². The third kappa shape index (κ3) is 2.77. The standard InChI is InChI=1S/C12H11FN2O3/c13-11-3-1-2-9(14-11)12(18)15-8-5-4-7(16)6-10(8)17/h1-3,8H,4-6H2,(H,15,18). The minimum absolute atomic E-state index is 0.0836. The molecule has 2 rings (SSSR count). The lowest BCUT2D eigenvalue weighted by atomic mass is 9.93. The Morgan fingerprint density at radius 3 is 2.83 bits per heavy atom. The maximum atomic E-state index is 12.8. The Hall–Kier alpha value is -2.11. The lowest BCUT2D eigenvalue weighted by Crippen LogP contribution is -2.44. The van der Waals surface area contributed by atoms with E-state index in [4.69, 9.17) is 0 Å². The Morgan fingerprint density at radius 2 is 2.17 bits per heavy atom. The van der Waals surface area contributed by atoms with Gasteiger partial charge in [-0.3, -0.25) is 14.4 Å². The fourth-order valence-electron chi connectivity index (χ4n) is 1.79. The van der Waals surface area contributed by atoms with Gasteiger partial charge in [0.05, 0.1) is 12.5 Å². The number of Topliss-reactive ketones (excluding diaryl/α,β-unsaturated/α-hetero) is 2. The van der Waals surface area contributed by atoms with Gasteiger partial charge in [-0.2, -0.15) is 4.39 Å². The molecule has 6 heteroatoms. The van der Waals surface area contributed by atoms with Gasteiger partial charge in [-0.1, -0.05) is 6.07 Å². The lowest BCUT2D eigenvalue weighted by molar-refractivity contribution is -0.131. The minimum atomic E-state index is -0.757. The van der Waals surface area contributed by atoms with Gasteiger partial charge >= 0.3 is 0 Å². The number of ketones is 2. The molecule has 0 spiro atoms. The van der Waals surface area contributed by atoms with Gasteiger partial charge < -0.3 is 5.32 Å². The third-order valence-electron chi connectivity index (χ3n) is 2.72. The van der Waals surface area contributed by atoms with Gasteiger partial charge in [0.1, 0.15) is 11.5 Å². The van der Waals surface area contributed by atoms with Crippen molar-refractivity contribution in [2.24, 2.45) is 0 Å². The van der Waals surface area contributed by atoms with Gasteiger partial charge in [0, 0.05) is 6.42 Å². The summed E-state index contributed by atoms with van der Waals surface area (Å²) in [5.74, 6) is -1.79. The monoisotopic (exact) mass is 250 g/mol. The molecule has 1 amide bonds. The highest BCUT2D eigenvalue weighted by atomic mass is 19.1. The minimum Gasteiger partial charge on any atom is -0.341 e. The van der Waals surface area contributed by atoms with E-state index >= 15 is 0 Å². The zero-order chi connectivity index (χ0) is 13.1. The number of aromatic nitrogens is 1. The van der Waals surface area contributed by atoms with Gasteiger partial charge in [0.15, 0.2) is 5.78 Å². The van der Waals surface area contributed by atoms with E-state index in [0.29, 0.717) is 6.42 Å². The largest absolute Gasteiger partial charge is 0.341 e. The van der Waals surface area contributed by atoms with Crippen molar-refractivity contribution in [2.45, 2.75) is 25.3 Å². The van der Waals surface area contributed by atoms with Crippen molar-refractivity contribution < 1.29 is 18.8 Å². The molecule has 0 bridgehead atoms.